The molecule has 0 spiro atoms. The fourth-order valence-electron chi connectivity index (χ4n) is 1.61. The first-order valence-corrected chi connectivity index (χ1v) is 4.87. The Bertz CT molecular complexity index is 684. The molecule has 0 aliphatic carbocycles. The number of aromatic nitrogens is 2. The molecule has 16 heavy (non-hydrogen) atoms. The summed E-state index contributed by atoms with van der Waals surface area (Å²) in [6, 6.07) is 10.8. The van der Waals surface area contributed by atoms with Crippen LogP contribution < -0.4 is 5.56 Å². The topological polar surface area (TPSA) is 58.9 Å². The van der Waals surface area contributed by atoms with Gasteiger partial charge in [-0.2, -0.15) is 0 Å². The molecule has 0 aliphatic rings. The third-order valence-electron chi connectivity index (χ3n) is 2.35. The van der Waals surface area contributed by atoms with Crippen molar-refractivity contribution < 1.29 is 4.42 Å². The summed E-state index contributed by atoms with van der Waals surface area (Å²) in [7, 11) is 0. The van der Waals surface area contributed by atoms with Crippen LogP contribution in [-0.2, 0) is 0 Å². The number of hydrogen-bond acceptors (Lipinski definition) is 3. The van der Waals surface area contributed by atoms with Gasteiger partial charge < -0.3 is 9.40 Å². The fraction of sp³-hybridized carbons (Fsp3) is 0. The molecule has 0 unspecified atom stereocenters. The zero-order valence-corrected chi connectivity index (χ0v) is 8.31. The summed E-state index contributed by atoms with van der Waals surface area (Å²) >= 11 is 0. The molecule has 3 aromatic rings. The molecule has 0 atom stereocenters. The molecular weight excluding hydrogens is 204 g/mol. The summed E-state index contributed by atoms with van der Waals surface area (Å²) < 4.78 is 5.17. The van der Waals surface area contributed by atoms with Crippen LogP contribution in [0, 0.1) is 0 Å². The quantitative estimate of drug-likeness (QED) is 0.672. The van der Waals surface area contributed by atoms with Crippen molar-refractivity contribution in [2.24, 2.45) is 0 Å². The lowest BCUT2D eigenvalue weighted by Crippen LogP contribution is -2.10. The van der Waals surface area contributed by atoms with Gasteiger partial charge in [-0.3, -0.25) is 4.79 Å². The number of rotatable bonds is 1. The Morgan fingerprint density at radius 1 is 1.12 bits per heavy atom. The Labute approximate surface area is 90.6 Å². The van der Waals surface area contributed by atoms with E-state index in [4.69, 9.17) is 4.42 Å². The van der Waals surface area contributed by atoms with Crippen molar-refractivity contribution >= 4 is 11.0 Å². The molecule has 2 aromatic heterocycles. The first-order valence-electron chi connectivity index (χ1n) is 4.87. The summed E-state index contributed by atoms with van der Waals surface area (Å²) in [5.41, 5.74) is 1.54. The van der Waals surface area contributed by atoms with Crippen molar-refractivity contribution in [2.45, 2.75) is 0 Å². The smallest absolute Gasteiger partial charge is 0.278 e. The van der Waals surface area contributed by atoms with Crippen LogP contribution in [-0.4, -0.2) is 9.97 Å². The van der Waals surface area contributed by atoms with Gasteiger partial charge in [0.05, 0.1) is 17.3 Å². The lowest BCUT2D eigenvalue weighted by atomic mass is 10.2. The van der Waals surface area contributed by atoms with Gasteiger partial charge >= 0.3 is 0 Å². The van der Waals surface area contributed by atoms with Crippen LogP contribution in [0.1, 0.15) is 0 Å². The Kier molecular flexibility index (Phi) is 1.86. The summed E-state index contributed by atoms with van der Waals surface area (Å²) in [4.78, 5) is 18.8. The Morgan fingerprint density at radius 2 is 2.00 bits per heavy atom. The van der Waals surface area contributed by atoms with Crippen LogP contribution in [0.25, 0.3) is 22.5 Å². The second-order valence-electron chi connectivity index (χ2n) is 3.41. The predicted octanol–water partition coefficient (Wildman–Crippen LogP) is 2.18. The van der Waals surface area contributed by atoms with Crippen LogP contribution in [0.15, 0.2) is 51.9 Å². The molecule has 4 heteroatoms. The van der Waals surface area contributed by atoms with E-state index in [0.29, 0.717) is 11.5 Å². The maximum Gasteiger partial charge on any atom is 0.278 e. The van der Waals surface area contributed by atoms with E-state index in [1.807, 2.05) is 24.3 Å². The lowest BCUT2D eigenvalue weighted by molar-refractivity contribution is 0.579. The fourth-order valence-corrected chi connectivity index (χ4v) is 1.61. The largest absolute Gasteiger partial charge is 0.463 e. The lowest BCUT2D eigenvalue weighted by Gasteiger charge is -1.99. The summed E-state index contributed by atoms with van der Waals surface area (Å²) in [5.74, 6) is 0.479. The molecular formula is C12H8N2O2. The highest BCUT2D eigenvalue weighted by Crippen LogP contribution is 2.15. The van der Waals surface area contributed by atoms with Gasteiger partial charge in [-0.05, 0) is 24.3 Å². The average molecular weight is 212 g/mol. The number of hydrogen-bond donors (Lipinski definition) is 1. The third kappa shape index (κ3) is 1.32. The highest BCUT2D eigenvalue weighted by atomic mass is 16.3. The van der Waals surface area contributed by atoms with Gasteiger partial charge in [-0.25, -0.2) is 4.98 Å². The maximum absolute atomic E-state index is 11.8. The van der Waals surface area contributed by atoms with Crippen LogP contribution in [0.2, 0.25) is 0 Å². The van der Waals surface area contributed by atoms with Crippen molar-refractivity contribution in [3.8, 4) is 11.5 Å². The van der Waals surface area contributed by atoms with E-state index < -0.39 is 0 Å². The van der Waals surface area contributed by atoms with Crippen molar-refractivity contribution in [1.29, 1.82) is 0 Å². The number of nitrogens with one attached hydrogen (secondary N) is 1. The van der Waals surface area contributed by atoms with Gasteiger partial charge in [0.1, 0.15) is 0 Å². The first-order chi connectivity index (χ1) is 7.84. The highest BCUT2D eigenvalue weighted by molar-refractivity contribution is 5.75. The van der Waals surface area contributed by atoms with Crippen LogP contribution >= 0.6 is 0 Å². The van der Waals surface area contributed by atoms with Crippen molar-refractivity contribution in [2.75, 3.05) is 0 Å². The van der Waals surface area contributed by atoms with Crippen molar-refractivity contribution in [3.05, 3.63) is 53.0 Å². The zero-order valence-electron chi connectivity index (χ0n) is 8.31. The van der Waals surface area contributed by atoms with E-state index >= 15 is 0 Å². The summed E-state index contributed by atoms with van der Waals surface area (Å²) in [6.45, 7) is 0. The molecule has 1 N–H and O–H groups in total. The van der Waals surface area contributed by atoms with E-state index in [1.54, 1.807) is 12.1 Å². The van der Waals surface area contributed by atoms with E-state index in [2.05, 4.69) is 9.97 Å². The van der Waals surface area contributed by atoms with Crippen molar-refractivity contribution in [3.63, 3.8) is 0 Å². The van der Waals surface area contributed by atoms with Gasteiger partial charge in [0.2, 0.25) is 0 Å². The second kappa shape index (κ2) is 3.34. The van der Waals surface area contributed by atoms with Gasteiger partial charge in [-0.15, -0.1) is 0 Å². The summed E-state index contributed by atoms with van der Waals surface area (Å²) in [6.07, 6.45) is 1.52. The molecule has 0 saturated carbocycles. The number of furan rings is 1. The standard InChI is InChI=1S/C12H8N2O2/c15-12-11(10-6-3-7-16-10)13-8-4-1-2-5-9(8)14-12/h1-7H,(H,14,15). The second-order valence-corrected chi connectivity index (χ2v) is 3.41. The number of para-hydroxylation sites is 2. The normalized spacial score (nSPS) is 10.8. The Balaban J connectivity index is 2.34. The molecule has 0 aliphatic heterocycles. The number of benzene rings is 1. The average Bonchev–Trinajstić information content (AvgIpc) is 2.81. The molecule has 0 saturated heterocycles. The van der Waals surface area contributed by atoms with E-state index in [0.717, 1.165) is 11.0 Å². The third-order valence-corrected chi connectivity index (χ3v) is 2.35. The minimum absolute atomic E-state index is 0.242. The molecule has 0 fully saturated rings. The van der Waals surface area contributed by atoms with Gasteiger partial charge in [0, 0.05) is 0 Å². The van der Waals surface area contributed by atoms with Crippen LogP contribution in [0.5, 0.6) is 0 Å². The number of aromatic amines is 1. The maximum atomic E-state index is 11.8. The minimum atomic E-state index is -0.242. The van der Waals surface area contributed by atoms with E-state index in [1.165, 1.54) is 6.26 Å². The first kappa shape index (κ1) is 8.91. The van der Waals surface area contributed by atoms with E-state index in [9.17, 15) is 4.79 Å². The van der Waals surface area contributed by atoms with Crippen LogP contribution in [0.3, 0.4) is 0 Å². The number of fused-ring (bicyclic) bond motifs is 1. The van der Waals surface area contributed by atoms with Gasteiger partial charge in [0.15, 0.2) is 11.5 Å². The van der Waals surface area contributed by atoms with Crippen LogP contribution in [0.4, 0.5) is 0 Å². The molecule has 0 radical (unpaired) electrons. The minimum Gasteiger partial charge on any atom is -0.463 e. The number of H-pyrrole nitrogens is 1. The van der Waals surface area contributed by atoms with Crippen molar-refractivity contribution in [1.82, 2.24) is 9.97 Å². The molecule has 78 valence electrons. The molecule has 0 amide bonds. The van der Waals surface area contributed by atoms with Gasteiger partial charge in [-0.1, -0.05) is 12.1 Å². The van der Waals surface area contributed by atoms with Gasteiger partial charge in [0.25, 0.3) is 5.56 Å². The molecule has 1 aromatic carbocycles. The van der Waals surface area contributed by atoms with E-state index in [-0.39, 0.29) is 5.56 Å². The zero-order chi connectivity index (χ0) is 11.0. The Morgan fingerprint density at radius 3 is 2.81 bits per heavy atom. The monoisotopic (exact) mass is 212 g/mol. The molecule has 2 heterocycles. The molecule has 3 rings (SSSR count). The predicted molar refractivity (Wildman–Crippen MR) is 60.1 cm³/mol. The number of nitrogens with zero attached hydrogens (tertiary/aromatic N) is 1. The summed E-state index contributed by atoms with van der Waals surface area (Å²) in [5, 5.41) is 0. The molecule has 0 bridgehead atoms. The highest BCUT2D eigenvalue weighted by Gasteiger charge is 2.08. The molecule has 4 nitrogen and oxygen atoms in total. The Hall–Kier alpha value is -2.36. The SMILES string of the molecule is O=c1[nH]c2ccccc2nc1-c1ccco1.